The van der Waals surface area contributed by atoms with E-state index in [4.69, 9.17) is 110 Å². The minimum atomic E-state index is -5.84. The molecular formula is C68H69F9N3O36S3+3. The smallest absolute Gasteiger partial charge is 0.463 e. The maximum atomic E-state index is 14.2. The summed E-state index contributed by atoms with van der Waals surface area (Å²) in [5.74, 6) is -9.37. The number of alkyl halides is 9. The Balaban J connectivity index is 0.000000910. The van der Waals surface area contributed by atoms with Crippen molar-refractivity contribution in [1.29, 1.82) is 0 Å². The van der Waals surface area contributed by atoms with Gasteiger partial charge in [-0.3, -0.25) is 56.8 Å². The summed E-state index contributed by atoms with van der Waals surface area (Å²) < 4.78 is 261. The van der Waals surface area contributed by atoms with E-state index in [-0.39, 0.29) is 53.8 Å². The molecule has 8 rings (SSSR count). The van der Waals surface area contributed by atoms with E-state index in [0.29, 0.717) is 11.1 Å². The Labute approximate surface area is 665 Å². The number of carbonyl (C=O) groups excluding carboxylic acids is 12. The highest BCUT2D eigenvalue weighted by atomic mass is 32.2. The fraction of sp³-hybridized carbons (Fsp3) is 0.397. The largest absolute Gasteiger partial charge is 0.522 e. The molecular weight excluding hydrogens is 1700 g/mol. The number of ether oxygens (including phenoxy) is 15. The van der Waals surface area contributed by atoms with Gasteiger partial charge in [0.1, 0.15) is 72.1 Å². The normalized spacial score (nSPS) is 20.9. The molecule has 3 N–H and O–H groups in total. The van der Waals surface area contributed by atoms with Crippen molar-refractivity contribution in [2.45, 2.75) is 152 Å². The highest BCUT2D eigenvalue weighted by Crippen LogP contribution is 2.36. The molecule has 3 aliphatic rings. The van der Waals surface area contributed by atoms with Gasteiger partial charge in [0, 0.05) is 86.6 Å². The molecule has 12 atom stereocenters. The third-order valence-electron chi connectivity index (χ3n) is 14.8. The van der Waals surface area contributed by atoms with Crippen molar-refractivity contribution in [3.8, 4) is 17.2 Å². The third kappa shape index (κ3) is 30.3. The molecule has 39 nitrogen and oxygen atoms in total. The first-order valence-electron chi connectivity index (χ1n) is 33.1. The number of benzene rings is 2. The standard InChI is InChI=1S/C65H66N3O27.3CHF3O3S/c1-34(69)81-31-51-54(84-37(4)72)57(87-40(7)75)60(93-51)66-22-10-13-45(28-66)63(78)90-48-20-18-43(19-21-48)16-17-44-25-49(91-64(79)46-14-11-23-67(29-46)61-58(88-41(8)76)55(85-38(5)73)52(94-61)32-82-35(2)70)27-50(26-44)92-65(80)47-15-12-24-68(30-47)62-59(89-42(9)77)56(86-39(6)74)53(95-62)33-83-36(3)71;3*2-1(3,4)8(5,6)7/h10-30,51-62H,31-33H2,1-9H3;3*(H,5,6,7)/q+3;;;/b17-16+;;;/t51-,52-,53-,54-,55-,56?,57-,58-,59-,60-,61-,62-;;;/m1.../s1. The van der Waals surface area contributed by atoms with Crippen LogP contribution in [0.2, 0.25) is 0 Å². The van der Waals surface area contributed by atoms with Crippen molar-refractivity contribution in [2.75, 3.05) is 19.8 Å². The average Bonchev–Trinajstić information content (AvgIpc) is 1.32. The molecule has 3 aliphatic heterocycles. The van der Waals surface area contributed by atoms with Crippen LogP contribution in [0.4, 0.5) is 39.5 Å². The fourth-order valence-corrected chi connectivity index (χ4v) is 10.3. The predicted molar refractivity (Wildman–Crippen MR) is 364 cm³/mol. The maximum absolute atomic E-state index is 14.2. The molecule has 5 aromatic rings. The summed E-state index contributed by atoms with van der Waals surface area (Å²) in [7, 11) is -17.5. The van der Waals surface area contributed by atoms with Crippen LogP contribution in [-0.2, 0) is 130 Å². The number of nitrogens with zero attached hydrogens (tertiary/aromatic N) is 3. The number of halogens is 9. The summed E-state index contributed by atoms with van der Waals surface area (Å²) in [4.78, 5) is 151. The van der Waals surface area contributed by atoms with Crippen LogP contribution in [0.25, 0.3) is 12.2 Å². The van der Waals surface area contributed by atoms with Crippen molar-refractivity contribution < 1.29 is 221 Å². The Morgan fingerprint density at radius 3 is 0.824 bits per heavy atom. The van der Waals surface area contributed by atoms with Gasteiger partial charge >= 0.3 is 137 Å². The number of pyridine rings is 3. The van der Waals surface area contributed by atoms with E-state index in [2.05, 4.69) is 0 Å². The van der Waals surface area contributed by atoms with Crippen LogP contribution in [0.15, 0.2) is 116 Å². The lowest BCUT2D eigenvalue weighted by Gasteiger charge is -2.21. The Hall–Kier alpha value is -11.7. The molecule has 0 amide bonds. The van der Waals surface area contributed by atoms with E-state index in [9.17, 15) is 97.0 Å². The molecule has 0 spiro atoms. The molecule has 3 saturated heterocycles. The topological polar surface area (TPSA) is 518 Å². The number of hydrogen-bond donors (Lipinski definition) is 3. The van der Waals surface area contributed by atoms with Gasteiger partial charge < -0.3 is 71.1 Å². The molecule has 0 radical (unpaired) electrons. The Bertz CT molecular complexity index is 4730. The summed E-state index contributed by atoms with van der Waals surface area (Å²) in [5.41, 5.74) is -15.9. The summed E-state index contributed by atoms with van der Waals surface area (Å²) in [5, 5.41) is 0. The molecule has 119 heavy (non-hydrogen) atoms. The maximum Gasteiger partial charge on any atom is 0.522 e. The second kappa shape index (κ2) is 41.6. The van der Waals surface area contributed by atoms with Gasteiger partial charge in [0.2, 0.25) is 18.3 Å². The molecule has 1 unspecified atom stereocenters. The van der Waals surface area contributed by atoms with Gasteiger partial charge in [0.15, 0.2) is 55.5 Å². The SMILES string of the molecule is CC(=O)OC[C@H]1O[C@@H]([n+]2cccc(C(=O)Oc3cc(/C=C/c4ccc(OC(=O)c5ccc[n+]([C@@H]6O[C@H](COC(C)=O)[C@@H](OC(C)=O)[C@H]6OC(C)=O)c5)cc4)cc(OC(=O)c4ccc[n+]([C@@H]5O[C@H](COC(C)=O)[C@@H](OC(C)=O)[C@H]5OC(C)=O)c4)c3)c2)[C@H](OC(C)=O)C1OC(C)=O.O=S(=O)(O)C(F)(F)F.O=S(=O)(O)C(F)(F)F.O=S(=O)(O)C(F)(F)F. The van der Waals surface area contributed by atoms with Crippen molar-refractivity contribution in [2.24, 2.45) is 0 Å². The second-order valence-corrected chi connectivity index (χ2v) is 28.5. The van der Waals surface area contributed by atoms with Crippen LogP contribution in [-0.4, -0.2) is 202 Å². The lowest BCUT2D eigenvalue weighted by molar-refractivity contribution is -0.765. The molecule has 6 heterocycles. The number of esters is 12. The van der Waals surface area contributed by atoms with Crippen LogP contribution in [0, 0.1) is 0 Å². The summed E-state index contributed by atoms with van der Waals surface area (Å²) in [6, 6.07) is 19.0. The van der Waals surface area contributed by atoms with Crippen molar-refractivity contribution in [1.82, 2.24) is 0 Å². The molecule has 3 fully saturated rings. The molecule has 0 saturated carbocycles. The monoisotopic (exact) mass is 1770 g/mol. The zero-order valence-electron chi connectivity index (χ0n) is 62.5. The lowest BCUT2D eigenvalue weighted by Crippen LogP contribution is -2.48. The first kappa shape index (κ1) is 97.8. The van der Waals surface area contributed by atoms with E-state index < -0.39 is 192 Å². The van der Waals surface area contributed by atoms with Crippen LogP contribution in [0.5, 0.6) is 17.2 Å². The van der Waals surface area contributed by atoms with Gasteiger partial charge in [0.05, 0.1) is 0 Å². The highest BCUT2D eigenvalue weighted by molar-refractivity contribution is 7.87. The van der Waals surface area contributed by atoms with Gasteiger partial charge in [-0.15, -0.1) is 0 Å². The van der Waals surface area contributed by atoms with E-state index in [1.807, 2.05) is 0 Å². The van der Waals surface area contributed by atoms with Gasteiger partial charge in [0.25, 0.3) is 0 Å². The molecule has 0 bridgehead atoms. The van der Waals surface area contributed by atoms with Crippen molar-refractivity contribution in [3.63, 3.8) is 0 Å². The average molecular weight is 1770 g/mol. The van der Waals surface area contributed by atoms with Crippen molar-refractivity contribution >= 4 is 114 Å². The zero-order chi connectivity index (χ0) is 89.8. The first-order valence-corrected chi connectivity index (χ1v) is 37.4. The summed E-state index contributed by atoms with van der Waals surface area (Å²) >= 11 is 0. The van der Waals surface area contributed by atoms with Crippen LogP contribution >= 0.6 is 0 Å². The van der Waals surface area contributed by atoms with Gasteiger partial charge in [-0.2, -0.15) is 78.5 Å². The fourth-order valence-electron chi connectivity index (χ4n) is 10.3. The minimum Gasteiger partial charge on any atom is -0.463 e. The third-order valence-corrected chi connectivity index (χ3v) is 16.6. The van der Waals surface area contributed by atoms with Gasteiger partial charge in [-0.1, -0.05) is 24.3 Å². The molecule has 3 aromatic heterocycles. The molecule has 51 heteroatoms. The summed E-state index contributed by atoms with van der Waals surface area (Å²) in [6.45, 7) is 9.19. The first-order chi connectivity index (χ1) is 54.9. The van der Waals surface area contributed by atoms with Crippen molar-refractivity contribution in [3.05, 3.63) is 144 Å². The summed E-state index contributed by atoms with van der Waals surface area (Å²) in [6.07, 6.45) is -2.76. The second-order valence-electron chi connectivity index (χ2n) is 24.2. The number of aromatic nitrogens is 3. The highest BCUT2D eigenvalue weighted by Gasteiger charge is 2.58. The Morgan fingerprint density at radius 2 is 0.588 bits per heavy atom. The Kier molecular flexibility index (Phi) is 34.2. The van der Waals surface area contributed by atoms with Crippen LogP contribution < -0.4 is 27.9 Å². The van der Waals surface area contributed by atoms with E-state index in [1.54, 1.807) is 24.3 Å². The predicted octanol–water partition coefficient (Wildman–Crippen LogP) is 4.53. The number of carbonyl (C=O) groups is 12. The van der Waals surface area contributed by atoms with Crippen LogP contribution in [0.3, 0.4) is 0 Å². The van der Waals surface area contributed by atoms with E-state index in [1.165, 1.54) is 125 Å². The van der Waals surface area contributed by atoms with Gasteiger partial charge in [-0.05, 0) is 53.6 Å². The quantitative estimate of drug-likeness (QED) is 0.0118. The molecule has 0 aliphatic carbocycles. The van der Waals surface area contributed by atoms with E-state index >= 15 is 0 Å². The zero-order valence-corrected chi connectivity index (χ0v) is 64.9. The minimum absolute atomic E-state index is 0.0247. The molecule has 2 aromatic carbocycles. The van der Waals surface area contributed by atoms with Gasteiger partial charge in [-0.25, -0.2) is 14.4 Å². The van der Waals surface area contributed by atoms with E-state index in [0.717, 1.165) is 55.4 Å². The van der Waals surface area contributed by atoms with Crippen LogP contribution in [0.1, 0.15) is 123 Å². The number of rotatable bonds is 23. The lowest BCUT2D eigenvalue weighted by atomic mass is 10.1. The number of hydrogen-bond acceptors (Lipinski definition) is 33. The molecule has 650 valence electrons. The Morgan fingerprint density at radius 1 is 0.353 bits per heavy atom.